The molecule has 3 atom stereocenters. The number of aliphatic hydroxyl groups is 1. The molecule has 0 aliphatic carbocycles. The summed E-state index contributed by atoms with van der Waals surface area (Å²) < 4.78 is 15.0. The molecule has 1 fully saturated rings. The van der Waals surface area contributed by atoms with Crippen LogP contribution in [0.5, 0.6) is 0 Å². The first-order valence-corrected chi connectivity index (χ1v) is 5.59. The highest BCUT2D eigenvalue weighted by Crippen LogP contribution is 2.31. The van der Waals surface area contributed by atoms with Crippen LogP contribution in [0, 0.1) is 6.92 Å². The van der Waals surface area contributed by atoms with E-state index in [1.165, 1.54) is 7.11 Å². The summed E-state index contributed by atoms with van der Waals surface area (Å²) in [4.78, 5) is 11.1. The lowest BCUT2D eigenvalue weighted by Crippen LogP contribution is -2.12. The summed E-state index contributed by atoms with van der Waals surface area (Å²) in [6.45, 7) is 1.83. The van der Waals surface area contributed by atoms with Crippen LogP contribution in [0.15, 0.2) is 16.5 Å². The number of carbonyl (C=O) groups excluding carboxylic acids is 1. The highest BCUT2D eigenvalue weighted by molar-refractivity contribution is 5.77. The smallest absolute Gasteiger partial charge is 0.337 e. The molecule has 0 spiro atoms. The third-order valence-electron chi connectivity index (χ3n) is 2.83. The molecule has 5 heteroatoms. The first-order valence-electron chi connectivity index (χ1n) is 5.59. The molecule has 1 aromatic heterocycles. The normalized spacial score (nSPS) is 24.4. The average molecular weight is 240 g/mol. The van der Waals surface area contributed by atoms with Crippen molar-refractivity contribution >= 4 is 5.97 Å². The largest absolute Gasteiger partial charge is 0.467 e. The first kappa shape index (κ1) is 12.1. The summed E-state index contributed by atoms with van der Waals surface area (Å²) in [6, 6.07) is 3.56. The van der Waals surface area contributed by atoms with Crippen molar-refractivity contribution in [2.75, 3.05) is 7.11 Å². The maximum atomic E-state index is 11.1. The number of hydrogen-bond donors (Lipinski definition) is 1. The lowest BCUT2D eigenvalue weighted by Gasteiger charge is -2.05. The van der Waals surface area contributed by atoms with Gasteiger partial charge in [0.05, 0.1) is 13.2 Å². The van der Waals surface area contributed by atoms with E-state index in [0.29, 0.717) is 18.6 Å². The van der Waals surface area contributed by atoms with Crippen molar-refractivity contribution < 1.29 is 23.8 Å². The average Bonchev–Trinajstić information content (AvgIpc) is 2.98. The van der Waals surface area contributed by atoms with Crippen molar-refractivity contribution in [2.45, 2.75) is 38.1 Å². The van der Waals surface area contributed by atoms with Crippen LogP contribution >= 0.6 is 0 Å². The Morgan fingerprint density at radius 2 is 2.35 bits per heavy atom. The Bertz CT molecular complexity index is 397. The van der Waals surface area contributed by atoms with Gasteiger partial charge in [-0.1, -0.05) is 0 Å². The van der Waals surface area contributed by atoms with Crippen molar-refractivity contribution in [1.29, 1.82) is 0 Å². The van der Waals surface area contributed by atoms with Gasteiger partial charge in [0.25, 0.3) is 0 Å². The second-order valence-electron chi connectivity index (χ2n) is 4.16. The molecule has 5 nitrogen and oxygen atoms in total. The Kier molecular flexibility index (Phi) is 3.49. The maximum Gasteiger partial charge on any atom is 0.337 e. The van der Waals surface area contributed by atoms with E-state index in [4.69, 9.17) is 9.15 Å². The van der Waals surface area contributed by atoms with Crippen LogP contribution in [0.2, 0.25) is 0 Å². The molecule has 1 aromatic rings. The second kappa shape index (κ2) is 4.89. The van der Waals surface area contributed by atoms with E-state index in [-0.39, 0.29) is 12.1 Å². The number of methoxy groups -OCH3 is 1. The zero-order chi connectivity index (χ0) is 12.4. The third-order valence-corrected chi connectivity index (χ3v) is 2.83. The number of aliphatic hydroxyl groups excluding tert-OH is 1. The number of carbonyl (C=O) groups is 1. The standard InChI is InChI=1S/C12H16O5/c1-7-3-5-9(16-7)8(13)4-6-10-11(17-10)12(14)15-2/h3,5,8,10-11,13H,4,6H2,1-2H3. The third kappa shape index (κ3) is 2.87. The Hall–Kier alpha value is -1.33. The summed E-state index contributed by atoms with van der Waals surface area (Å²) in [6.07, 6.45) is -0.115. The summed E-state index contributed by atoms with van der Waals surface area (Å²) >= 11 is 0. The fourth-order valence-corrected chi connectivity index (χ4v) is 1.78. The lowest BCUT2D eigenvalue weighted by molar-refractivity contribution is -0.142. The van der Waals surface area contributed by atoms with Crippen molar-refractivity contribution in [3.05, 3.63) is 23.7 Å². The number of ether oxygens (including phenoxy) is 2. The number of furan rings is 1. The fraction of sp³-hybridized carbons (Fsp3) is 0.583. The summed E-state index contributed by atoms with van der Waals surface area (Å²) in [5, 5.41) is 9.83. The van der Waals surface area contributed by atoms with Gasteiger partial charge in [-0.25, -0.2) is 4.79 Å². The first-order chi connectivity index (χ1) is 8.11. The molecular weight excluding hydrogens is 224 g/mol. The van der Waals surface area contributed by atoms with Gasteiger partial charge >= 0.3 is 5.97 Å². The predicted octanol–water partition coefficient (Wildman–Crippen LogP) is 1.34. The van der Waals surface area contributed by atoms with E-state index in [1.807, 2.05) is 13.0 Å². The molecule has 0 amide bonds. The highest BCUT2D eigenvalue weighted by Gasteiger charge is 2.45. The van der Waals surface area contributed by atoms with Crippen LogP contribution in [0.25, 0.3) is 0 Å². The van der Waals surface area contributed by atoms with E-state index in [0.717, 1.165) is 5.76 Å². The maximum absolute atomic E-state index is 11.1. The molecular formula is C12H16O5. The van der Waals surface area contributed by atoms with Gasteiger partial charge in [0.2, 0.25) is 0 Å². The minimum atomic E-state index is -0.647. The lowest BCUT2D eigenvalue weighted by atomic mass is 10.1. The molecule has 94 valence electrons. The van der Waals surface area contributed by atoms with E-state index in [2.05, 4.69) is 4.74 Å². The minimum absolute atomic E-state index is 0.131. The van der Waals surface area contributed by atoms with Gasteiger partial charge in [-0.15, -0.1) is 0 Å². The molecule has 0 saturated carbocycles. The number of esters is 1. The van der Waals surface area contributed by atoms with Crippen molar-refractivity contribution in [1.82, 2.24) is 0 Å². The van der Waals surface area contributed by atoms with Gasteiger partial charge < -0.3 is 19.0 Å². The molecule has 0 bridgehead atoms. The zero-order valence-electron chi connectivity index (χ0n) is 9.88. The van der Waals surface area contributed by atoms with Gasteiger partial charge in [0, 0.05) is 0 Å². The molecule has 0 radical (unpaired) electrons. The molecule has 1 saturated heterocycles. The molecule has 2 rings (SSSR count). The molecule has 3 unspecified atom stereocenters. The van der Waals surface area contributed by atoms with Crippen LogP contribution in [0.1, 0.15) is 30.5 Å². The summed E-state index contributed by atoms with van der Waals surface area (Å²) in [5.41, 5.74) is 0. The van der Waals surface area contributed by atoms with Crippen molar-refractivity contribution in [2.24, 2.45) is 0 Å². The Morgan fingerprint density at radius 1 is 1.59 bits per heavy atom. The molecule has 17 heavy (non-hydrogen) atoms. The van der Waals surface area contributed by atoms with Gasteiger partial charge in [-0.2, -0.15) is 0 Å². The molecule has 1 aliphatic heterocycles. The van der Waals surface area contributed by atoms with Crippen molar-refractivity contribution in [3.63, 3.8) is 0 Å². The van der Waals surface area contributed by atoms with Crippen LogP contribution in [0.3, 0.4) is 0 Å². The quantitative estimate of drug-likeness (QED) is 0.621. The number of epoxide rings is 1. The van der Waals surface area contributed by atoms with Gasteiger partial charge in [0.15, 0.2) is 6.10 Å². The number of hydrogen-bond acceptors (Lipinski definition) is 5. The SMILES string of the molecule is COC(=O)C1OC1CCC(O)c1ccc(C)o1. The van der Waals surface area contributed by atoms with Crippen LogP contribution in [-0.4, -0.2) is 30.4 Å². The van der Waals surface area contributed by atoms with Gasteiger partial charge in [-0.3, -0.25) is 0 Å². The summed E-state index contributed by atoms with van der Waals surface area (Å²) in [5.74, 6) is 0.977. The molecule has 0 aromatic carbocycles. The Morgan fingerprint density at radius 3 is 2.94 bits per heavy atom. The molecule has 1 N–H and O–H groups in total. The molecule has 2 heterocycles. The number of aryl methyl sites for hydroxylation is 1. The Balaban J connectivity index is 1.75. The predicted molar refractivity (Wildman–Crippen MR) is 58.3 cm³/mol. The minimum Gasteiger partial charge on any atom is -0.467 e. The van der Waals surface area contributed by atoms with E-state index < -0.39 is 12.2 Å². The van der Waals surface area contributed by atoms with E-state index >= 15 is 0 Å². The van der Waals surface area contributed by atoms with Crippen LogP contribution in [0.4, 0.5) is 0 Å². The second-order valence-corrected chi connectivity index (χ2v) is 4.16. The molecule has 1 aliphatic rings. The number of rotatable bonds is 5. The summed E-state index contributed by atoms with van der Waals surface area (Å²) in [7, 11) is 1.33. The highest BCUT2D eigenvalue weighted by atomic mass is 16.6. The Labute approximate surface area is 99.3 Å². The fourth-order valence-electron chi connectivity index (χ4n) is 1.78. The van der Waals surface area contributed by atoms with Gasteiger partial charge in [0.1, 0.15) is 17.6 Å². The zero-order valence-corrected chi connectivity index (χ0v) is 9.88. The van der Waals surface area contributed by atoms with Crippen molar-refractivity contribution in [3.8, 4) is 0 Å². The monoisotopic (exact) mass is 240 g/mol. The van der Waals surface area contributed by atoms with Gasteiger partial charge in [-0.05, 0) is 31.9 Å². The van der Waals surface area contributed by atoms with E-state index in [1.54, 1.807) is 6.07 Å². The topological polar surface area (TPSA) is 72.2 Å². The van der Waals surface area contributed by atoms with E-state index in [9.17, 15) is 9.90 Å². The van der Waals surface area contributed by atoms with Crippen LogP contribution in [-0.2, 0) is 14.3 Å². The van der Waals surface area contributed by atoms with Crippen LogP contribution < -0.4 is 0 Å².